The van der Waals surface area contributed by atoms with Gasteiger partial charge in [0.15, 0.2) is 0 Å². The Bertz CT molecular complexity index is 392. The van der Waals surface area contributed by atoms with Crippen molar-refractivity contribution in [3.05, 3.63) is 29.6 Å². The number of amides is 1. The standard InChI is InChI=1S/C12H15N3O/c1-3-11(6-13)12(16)15-8-10-5-4-9(2)14-7-10/h4-5,7,11H,3,8H2,1-2H3,(H,15,16). The zero-order chi connectivity index (χ0) is 12.0. The summed E-state index contributed by atoms with van der Waals surface area (Å²) >= 11 is 0. The van der Waals surface area contributed by atoms with Crippen LogP contribution in [0.5, 0.6) is 0 Å². The molecule has 16 heavy (non-hydrogen) atoms. The SMILES string of the molecule is CCC(C#N)C(=O)NCc1ccc(C)nc1. The van der Waals surface area contributed by atoms with E-state index in [0.29, 0.717) is 13.0 Å². The minimum absolute atomic E-state index is 0.217. The molecule has 1 aromatic heterocycles. The molecule has 0 aliphatic carbocycles. The van der Waals surface area contributed by atoms with Gasteiger partial charge in [0.2, 0.25) is 5.91 Å². The number of nitrogens with zero attached hydrogens (tertiary/aromatic N) is 2. The van der Waals surface area contributed by atoms with Crippen LogP contribution in [0.4, 0.5) is 0 Å². The van der Waals surface area contributed by atoms with Crippen molar-refractivity contribution in [1.29, 1.82) is 5.26 Å². The normalized spacial score (nSPS) is 11.6. The largest absolute Gasteiger partial charge is 0.351 e. The van der Waals surface area contributed by atoms with E-state index >= 15 is 0 Å². The van der Waals surface area contributed by atoms with Gasteiger partial charge in [-0.1, -0.05) is 13.0 Å². The second-order valence-corrected chi connectivity index (χ2v) is 3.62. The van der Waals surface area contributed by atoms with Crippen molar-refractivity contribution in [2.75, 3.05) is 0 Å². The van der Waals surface area contributed by atoms with E-state index in [1.54, 1.807) is 6.20 Å². The van der Waals surface area contributed by atoms with Crippen LogP contribution in [0, 0.1) is 24.2 Å². The maximum Gasteiger partial charge on any atom is 0.237 e. The number of rotatable bonds is 4. The summed E-state index contributed by atoms with van der Waals surface area (Å²) in [5, 5.41) is 11.4. The van der Waals surface area contributed by atoms with Crippen LogP contribution in [0.1, 0.15) is 24.6 Å². The molecule has 0 fully saturated rings. The van der Waals surface area contributed by atoms with Gasteiger partial charge in [0.1, 0.15) is 5.92 Å². The average molecular weight is 217 g/mol. The van der Waals surface area contributed by atoms with Crippen LogP contribution >= 0.6 is 0 Å². The van der Waals surface area contributed by atoms with E-state index in [4.69, 9.17) is 5.26 Å². The molecule has 0 bridgehead atoms. The zero-order valence-corrected chi connectivity index (χ0v) is 9.53. The molecule has 0 saturated heterocycles. The fourth-order valence-corrected chi connectivity index (χ4v) is 1.25. The first kappa shape index (κ1) is 12.2. The molecule has 0 spiro atoms. The van der Waals surface area contributed by atoms with Crippen LogP contribution in [0.15, 0.2) is 18.3 Å². The van der Waals surface area contributed by atoms with Gasteiger partial charge in [-0.3, -0.25) is 9.78 Å². The first-order valence-electron chi connectivity index (χ1n) is 5.26. The third-order valence-corrected chi connectivity index (χ3v) is 2.32. The van der Waals surface area contributed by atoms with Crippen molar-refractivity contribution >= 4 is 5.91 Å². The Morgan fingerprint density at radius 1 is 1.62 bits per heavy atom. The number of aromatic nitrogens is 1. The number of carbonyl (C=O) groups excluding carboxylic acids is 1. The number of nitriles is 1. The van der Waals surface area contributed by atoms with Crippen LogP contribution in [0.3, 0.4) is 0 Å². The topological polar surface area (TPSA) is 65.8 Å². The average Bonchev–Trinajstić information content (AvgIpc) is 2.30. The van der Waals surface area contributed by atoms with Gasteiger partial charge in [0.05, 0.1) is 6.07 Å². The Morgan fingerprint density at radius 3 is 2.88 bits per heavy atom. The molecule has 4 nitrogen and oxygen atoms in total. The van der Waals surface area contributed by atoms with Gasteiger partial charge in [0.25, 0.3) is 0 Å². The summed E-state index contributed by atoms with van der Waals surface area (Å²) in [6.07, 6.45) is 2.26. The monoisotopic (exact) mass is 217 g/mol. The van der Waals surface area contributed by atoms with Gasteiger partial charge in [-0.15, -0.1) is 0 Å². The molecule has 0 aliphatic heterocycles. The molecule has 1 heterocycles. The summed E-state index contributed by atoms with van der Waals surface area (Å²) in [6.45, 7) is 4.15. The van der Waals surface area contributed by atoms with Crippen molar-refractivity contribution in [3.8, 4) is 6.07 Å². The molecule has 0 aliphatic rings. The number of hydrogen-bond donors (Lipinski definition) is 1. The first-order chi connectivity index (χ1) is 7.67. The van der Waals surface area contributed by atoms with E-state index in [9.17, 15) is 4.79 Å². The Balaban J connectivity index is 2.49. The Labute approximate surface area is 95.3 Å². The molecule has 0 saturated carbocycles. The summed E-state index contributed by atoms with van der Waals surface area (Å²) in [7, 11) is 0. The smallest absolute Gasteiger partial charge is 0.237 e. The van der Waals surface area contributed by atoms with Crippen molar-refractivity contribution in [3.63, 3.8) is 0 Å². The van der Waals surface area contributed by atoms with Crippen molar-refractivity contribution in [2.45, 2.75) is 26.8 Å². The van der Waals surface area contributed by atoms with Crippen molar-refractivity contribution in [2.24, 2.45) is 5.92 Å². The minimum Gasteiger partial charge on any atom is -0.351 e. The lowest BCUT2D eigenvalue weighted by molar-refractivity contribution is -0.123. The van der Waals surface area contributed by atoms with Gasteiger partial charge in [-0.25, -0.2) is 0 Å². The maximum absolute atomic E-state index is 11.5. The summed E-state index contributed by atoms with van der Waals surface area (Å²) in [5.41, 5.74) is 1.88. The number of aryl methyl sites for hydroxylation is 1. The first-order valence-corrected chi connectivity index (χ1v) is 5.26. The fraction of sp³-hybridized carbons (Fsp3) is 0.417. The molecule has 1 atom stereocenters. The van der Waals surface area contributed by atoms with Crippen LogP contribution in [0.25, 0.3) is 0 Å². The lowest BCUT2D eigenvalue weighted by Gasteiger charge is -2.07. The maximum atomic E-state index is 11.5. The Hall–Kier alpha value is -1.89. The molecule has 1 unspecified atom stereocenters. The molecule has 84 valence electrons. The number of nitrogens with one attached hydrogen (secondary N) is 1. The minimum atomic E-state index is -0.557. The van der Waals surface area contributed by atoms with Crippen LogP contribution in [-0.2, 0) is 11.3 Å². The van der Waals surface area contributed by atoms with Gasteiger partial charge in [0, 0.05) is 18.4 Å². The van der Waals surface area contributed by atoms with E-state index in [0.717, 1.165) is 11.3 Å². The number of hydrogen-bond acceptors (Lipinski definition) is 3. The lowest BCUT2D eigenvalue weighted by Crippen LogP contribution is -2.29. The highest BCUT2D eigenvalue weighted by Gasteiger charge is 2.14. The zero-order valence-electron chi connectivity index (χ0n) is 9.53. The molecule has 0 aromatic carbocycles. The molecule has 1 rings (SSSR count). The Morgan fingerprint density at radius 2 is 2.38 bits per heavy atom. The summed E-state index contributed by atoms with van der Waals surface area (Å²) < 4.78 is 0. The quantitative estimate of drug-likeness (QED) is 0.832. The second-order valence-electron chi connectivity index (χ2n) is 3.62. The number of carbonyl (C=O) groups is 1. The molecule has 1 aromatic rings. The molecular formula is C12H15N3O. The molecule has 1 amide bonds. The molecule has 4 heteroatoms. The van der Waals surface area contributed by atoms with Crippen molar-refractivity contribution < 1.29 is 4.79 Å². The van der Waals surface area contributed by atoms with E-state index in [1.165, 1.54) is 0 Å². The van der Waals surface area contributed by atoms with Crippen LogP contribution in [0.2, 0.25) is 0 Å². The van der Waals surface area contributed by atoms with E-state index < -0.39 is 5.92 Å². The number of pyridine rings is 1. The van der Waals surface area contributed by atoms with E-state index in [1.807, 2.05) is 32.0 Å². The fourth-order valence-electron chi connectivity index (χ4n) is 1.25. The third kappa shape index (κ3) is 3.35. The van der Waals surface area contributed by atoms with Crippen LogP contribution < -0.4 is 5.32 Å². The van der Waals surface area contributed by atoms with Gasteiger partial charge in [-0.2, -0.15) is 5.26 Å². The van der Waals surface area contributed by atoms with E-state index in [2.05, 4.69) is 10.3 Å². The lowest BCUT2D eigenvalue weighted by atomic mass is 10.1. The van der Waals surface area contributed by atoms with Crippen molar-refractivity contribution in [1.82, 2.24) is 10.3 Å². The predicted octanol–water partition coefficient (Wildman–Crippen LogP) is 1.56. The summed E-state index contributed by atoms with van der Waals surface area (Å²) in [6, 6.07) is 5.77. The molecular weight excluding hydrogens is 202 g/mol. The van der Waals surface area contributed by atoms with E-state index in [-0.39, 0.29) is 5.91 Å². The molecule has 0 radical (unpaired) electrons. The van der Waals surface area contributed by atoms with Crippen LogP contribution in [-0.4, -0.2) is 10.9 Å². The van der Waals surface area contributed by atoms with Gasteiger partial charge < -0.3 is 5.32 Å². The summed E-state index contributed by atoms with van der Waals surface area (Å²) in [5.74, 6) is -0.774. The van der Waals surface area contributed by atoms with Gasteiger partial charge >= 0.3 is 0 Å². The highest BCUT2D eigenvalue weighted by atomic mass is 16.1. The van der Waals surface area contributed by atoms with Gasteiger partial charge in [-0.05, 0) is 25.0 Å². The summed E-state index contributed by atoms with van der Waals surface area (Å²) in [4.78, 5) is 15.6. The molecule has 1 N–H and O–H groups in total. The highest BCUT2D eigenvalue weighted by Crippen LogP contribution is 2.02. The third-order valence-electron chi connectivity index (χ3n) is 2.32. The Kier molecular flexibility index (Phi) is 4.46. The highest BCUT2D eigenvalue weighted by molar-refractivity contribution is 5.80. The predicted molar refractivity (Wildman–Crippen MR) is 60.2 cm³/mol. The second kappa shape index (κ2) is 5.86.